The molecule has 1 saturated heterocycles. The fraction of sp³-hybridized carbons (Fsp3) is 0.471. The highest BCUT2D eigenvalue weighted by atomic mass is 16.5. The zero-order chi connectivity index (χ0) is 17.5. The molecule has 2 atom stereocenters. The molecule has 3 amide bonds. The first-order chi connectivity index (χ1) is 11.5. The first kappa shape index (κ1) is 17.8. The molecule has 7 heteroatoms. The number of nitrogens with two attached hydrogens (primary N) is 1. The molecule has 0 bridgehead atoms. The van der Waals surface area contributed by atoms with Gasteiger partial charge >= 0.3 is 6.09 Å². The van der Waals surface area contributed by atoms with Gasteiger partial charge in [-0.05, 0) is 25.3 Å². The van der Waals surface area contributed by atoms with Crippen LogP contribution in [0.3, 0.4) is 0 Å². The van der Waals surface area contributed by atoms with Gasteiger partial charge in [-0.25, -0.2) is 4.79 Å². The van der Waals surface area contributed by atoms with E-state index in [0.29, 0.717) is 13.0 Å². The van der Waals surface area contributed by atoms with Crippen molar-refractivity contribution in [2.75, 3.05) is 13.1 Å². The maximum Gasteiger partial charge on any atom is 0.407 e. The van der Waals surface area contributed by atoms with Crippen LogP contribution in [0.2, 0.25) is 0 Å². The van der Waals surface area contributed by atoms with Crippen LogP contribution >= 0.6 is 0 Å². The van der Waals surface area contributed by atoms with Gasteiger partial charge in [0.1, 0.15) is 13.2 Å². The second-order valence-electron chi connectivity index (χ2n) is 5.99. The number of amides is 3. The van der Waals surface area contributed by atoms with Crippen LogP contribution in [0.1, 0.15) is 25.3 Å². The molecule has 1 heterocycles. The van der Waals surface area contributed by atoms with Gasteiger partial charge in [0.2, 0.25) is 11.8 Å². The summed E-state index contributed by atoms with van der Waals surface area (Å²) in [6.07, 6.45) is 0.758. The van der Waals surface area contributed by atoms with E-state index in [4.69, 9.17) is 10.5 Å². The lowest BCUT2D eigenvalue weighted by atomic mass is 9.93. The van der Waals surface area contributed by atoms with Gasteiger partial charge in [-0.2, -0.15) is 0 Å². The molecule has 1 aliphatic heterocycles. The van der Waals surface area contributed by atoms with Crippen molar-refractivity contribution in [1.82, 2.24) is 10.2 Å². The average Bonchev–Trinajstić information content (AvgIpc) is 2.59. The number of nitrogens with zero attached hydrogens (tertiary/aromatic N) is 1. The van der Waals surface area contributed by atoms with Gasteiger partial charge in [-0.1, -0.05) is 30.3 Å². The van der Waals surface area contributed by atoms with Gasteiger partial charge in [-0.15, -0.1) is 0 Å². The Balaban J connectivity index is 1.77. The predicted octanol–water partition coefficient (Wildman–Crippen LogP) is 1.03. The highest BCUT2D eigenvalue weighted by Crippen LogP contribution is 2.21. The number of primary amides is 1. The van der Waals surface area contributed by atoms with Crippen LogP contribution in [0, 0.1) is 5.92 Å². The van der Waals surface area contributed by atoms with Gasteiger partial charge in [0.25, 0.3) is 0 Å². The summed E-state index contributed by atoms with van der Waals surface area (Å²) in [6.45, 7) is 2.20. The van der Waals surface area contributed by atoms with Gasteiger partial charge in [-0.3, -0.25) is 9.59 Å². The van der Waals surface area contributed by atoms with E-state index in [0.717, 1.165) is 12.0 Å². The highest BCUT2D eigenvalue weighted by Gasteiger charge is 2.31. The van der Waals surface area contributed by atoms with E-state index in [1.54, 1.807) is 4.90 Å². The van der Waals surface area contributed by atoms with Gasteiger partial charge in [0.15, 0.2) is 0 Å². The van der Waals surface area contributed by atoms with E-state index in [2.05, 4.69) is 5.32 Å². The standard InChI is InChI=1S/C17H23N3O4/c1-12-7-8-14(16(18)22)10-20(12)15(21)9-19-17(23)24-11-13-5-3-2-4-6-13/h2-6,12,14H,7-11H2,1H3,(H2,18,22)(H,19,23)/t12-,14+/m1/s1. The number of hydrogen-bond donors (Lipinski definition) is 2. The lowest BCUT2D eigenvalue weighted by Gasteiger charge is -2.36. The number of benzene rings is 1. The quantitative estimate of drug-likeness (QED) is 0.840. The minimum atomic E-state index is -0.650. The molecule has 1 aliphatic rings. The van der Waals surface area contributed by atoms with Crippen molar-refractivity contribution >= 4 is 17.9 Å². The van der Waals surface area contributed by atoms with Crippen molar-refractivity contribution in [3.05, 3.63) is 35.9 Å². The highest BCUT2D eigenvalue weighted by molar-refractivity contribution is 5.84. The van der Waals surface area contributed by atoms with E-state index in [-0.39, 0.29) is 31.0 Å². The van der Waals surface area contributed by atoms with Crippen LogP contribution < -0.4 is 11.1 Å². The van der Waals surface area contributed by atoms with Crippen molar-refractivity contribution in [2.45, 2.75) is 32.4 Å². The minimum Gasteiger partial charge on any atom is -0.445 e. The molecule has 0 aromatic heterocycles. The molecule has 24 heavy (non-hydrogen) atoms. The topological polar surface area (TPSA) is 102 Å². The van der Waals surface area contributed by atoms with E-state index >= 15 is 0 Å². The Morgan fingerprint density at radius 3 is 2.62 bits per heavy atom. The number of ether oxygens (including phenoxy) is 1. The molecule has 3 N–H and O–H groups in total. The number of piperidine rings is 1. The predicted molar refractivity (Wildman–Crippen MR) is 87.7 cm³/mol. The second kappa shape index (κ2) is 8.33. The Kier molecular flexibility index (Phi) is 6.17. The molecule has 0 spiro atoms. The van der Waals surface area contributed by atoms with Crippen molar-refractivity contribution in [3.63, 3.8) is 0 Å². The zero-order valence-corrected chi connectivity index (χ0v) is 13.7. The lowest BCUT2D eigenvalue weighted by Crippen LogP contribution is -2.51. The van der Waals surface area contributed by atoms with Crippen LogP contribution in [0.5, 0.6) is 0 Å². The maximum atomic E-state index is 12.3. The molecule has 0 aliphatic carbocycles. The largest absolute Gasteiger partial charge is 0.445 e. The summed E-state index contributed by atoms with van der Waals surface area (Å²) >= 11 is 0. The van der Waals surface area contributed by atoms with E-state index in [1.165, 1.54) is 0 Å². The minimum absolute atomic E-state index is 0.0234. The van der Waals surface area contributed by atoms with Crippen molar-refractivity contribution < 1.29 is 19.1 Å². The van der Waals surface area contributed by atoms with Crippen LogP contribution in [0.15, 0.2) is 30.3 Å². The Hall–Kier alpha value is -2.57. The first-order valence-electron chi connectivity index (χ1n) is 8.00. The van der Waals surface area contributed by atoms with Crippen molar-refractivity contribution in [3.8, 4) is 0 Å². The molecule has 1 aromatic carbocycles. The summed E-state index contributed by atoms with van der Waals surface area (Å²) in [4.78, 5) is 36.8. The average molecular weight is 333 g/mol. The molecule has 0 saturated carbocycles. The van der Waals surface area contributed by atoms with E-state index in [1.807, 2.05) is 37.3 Å². The molecule has 1 aromatic rings. The van der Waals surface area contributed by atoms with Crippen LogP contribution in [-0.2, 0) is 20.9 Å². The molecule has 0 radical (unpaired) electrons. The van der Waals surface area contributed by atoms with Gasteiger partial charge in [0.05, 0.1) is 5.92 Å². The summed E-state index contributed by atoms with van der Waals surface area (Å²) in [6, 6.07) is 9.30. The number of hydrogen-bond acceptors (Lipinski definition) is 4. The third-order valence-electron chi connectivity index (χ3n) is 4.20. The third kappa shape index (κ3) is 4.97. The molecule has 2 rings (SSSR count). The fourth-order valence-corrected chi connectivity index (χ4v) is 2.71. The SMILES string of the molecule is C[C@@H]1CC[C@H](C(N)=O)CN1C(=O)CNC(=O)OCc1ccccc1. The summed E-state index contributed by atoms with van der Waals surface area (Å²) in [5.74, 6) is -0.963. The number of likely N-dealkylation sites (tertiary alicyclic amines) is 1. The second-order valence-corrected chi connectivity index (χ2v) is 5.99. The third-order valence-corrected chi connectivity index (χ3v) is 4.20. The Labute approximate surface area is 141 Å². The number of carbonyl (C=O) groups excluding carboxylic acids is 3. The number of rotatable bonds is 5. The Morgan fingerprint density at radius 1 is 1.25 bits per heavy atom. The molecule has 1 fully saturated rings. The summed E-state index contributed by atoms with van der Waals surface area (Å²) < 4.78 is 5.06. The smallest absolute Gasteiger partial charge is 0.407 e. The molecular formula is C17H23N3O4. The van der Waals surface area contributed by atoms with Crippen molar-refractivity contribution in [2.24, 2.45) is 11.7 Å². The zero-order valence-electron chi connectivity index (χ0n) is 13.7. The molecule has 7 nitrogen and oxygen atoms in total. The monoisotopic (exact) mass is 333 g/mol. The molecular weight excluding hydrogens is 310 g/mol. The van der Waals surface area contributed by atoms with Crippen molar-refractivity contribution in [1.29, 1.82) is 0 Å². The number of nitrogens with one attached hydrogen (secondary N) is 1. The summed E-state index contributed by atoms with van der Waals surface area (Å²) in [5.41, 5.74) is 6.19. The van der Waals surface area contributed by atoms with Crippen LogP contribution in [0.25, 0.3) is 0 Å². The Morgan fingerprint density at radius 2 is 1.96 bits per heavy atom. The van der Waals surface area contributed by atoms with Gasteiger partial charge in [0, 0.05) is 12.6 Å². The summed E-state index contributed by atoms with van der Waals surface area (Å²) in [5, 5.41) is 2.45. The number of alkyl carbamates (subject to hydrolysis) is 1. The summed E-state index contributed by atoms with van der Waals surface area (Å²) in [7, 11) is 0. The van der Waals surface area contributed by atoms with Crippen LogP contribution in [-0.4, -0.2) is 41.9 Å². The van der Waals surface area contributed by atoms with Gasteiger partial charge < -0.3 is 20.7 Å². The molecule has 130 valence electrons. The van der Waals surface area contributed by atoms with E-state index in [9.17, 15) is 14.4 Å². The molecule has 0 unspecified atom stereocenters. The maximum absolute atomic E-state index is 12.3. The first-order valence-corrected chi connectivity index (χ1v) is 8.00. The lowest BCUT2D eigenvalue weighted by molar-refractivity contribution is -0.136. The fourth-order valence-electron chi connectivity index (χ4n) is 2.71. The van der Waals surface area contributed by atoms with Crippen LogP contribution in [0.4, 0.5) is 4.79 Å². The Bertz CT molecular complexity index is 591. The normalized spacial score (nSPS) is 20.3. The van der Waals surface area contributed by atoms with E-state index < -0.39 is 12.0 Å². The number of carbonyl (C=O) groups is 3.